The summed E-state index contributed by atoms with van der Waals surface area (Å²) in [6, 6.07) is 5.09. The molecule has 90 valence electrons. The molecule has 1 atom stereocenters. The molecule has 2 rings (SSSR count). The monoisotopic (exact) mass is 251 g/mol. The van der Waals surface area contributed by atoms with Crippen molar-refractivity contribution in [2.24, 2.45) is 4.99 Å². The van der Waals surface area contributed by atoms with Crippen molar-refractivity contribution in [2.45, 2.75) is 13.0 Å². The molecule has 0 spiro atoms. The zero-order valence-electron chi connectivity index (χ0n) is 9.64. The van der Waals surface area contributed by atoms with Crippen molar-refractivity contribution < 1.29 is 14.6 Å². The first-order chi connectivity index (χ1) is 8.11. The SMILES string of the molecule is COc1ccc(C2=NC(C(=O)O)CS2)c(C)c1. The topological polar surface area (TPSA) is 58.9 Å². The van der Waals surface area contributed by atoms with Gasteiger partial charge in [-0.25, -0.2) is 4.79 Å². The number of aliphatic carboxylic acids is 1. The maximum Gasteiger partial charge on any atom is 0.329 e. The van der Waals surface area contributed by atoms with Gasteiger partial charge in [0.05, 0.1) is 12.2 Å². The van der Waals surface area contributed by atoms with Crippen molar-refractivity contribution in [1.82, 2.24) is 0 Å². The lowest BCUT2D eigenvalue weighted by Gasteiger charge is -2.06. The van der Waals surface area contributed by atoms with Gasteiger partial charge in [-0.3, -0.25) is 4.99 Å². The van der Waals surface area contributed by atoms with Crippen LogP contribution >= 0.6 is 11.8 Å². The van der Waals surface area contributed by atoms with Crippen LogP contribution in [0.15, 0.2) is 23.2 Å². The van der Waals surface area contributed by atoms with E-state index in [1.807, 2.05) is 25.1 Å². The number of carboxylic acid groups (broad SMARTS) is 1. The molecule has 1 unspecified atom stereocenters. The smallest absolute Gasteiger partial charge is 0.329 e. The summed E-state index contributed by atoms with van der Waals surface area (Å²) in [4.78, 5) is 15.0. The Morgan fingerprint density at radius 3 is 2.88 bits per heavy atom. The fourth-order valence-electron chi connectivity index (χ4n) is 1.65. The number of hydrogen-bond acceptors (Lipinski definition) is 4. The average Bonchev–Trinajstić information content (AvgIpc) is 2.78. The largest absolute Gasteiger partial charge is 0.497 e. The van der Waals surface area contributed by atoms with E-state index in [1.165, 1.54) is 11.8 Å². The van der Waals surface area contributed by atoms with Crippen molar-refractivity contribution in [2.75, 3.05) is 12.9 Å². The van der Waals surface area contributed by atoms with E-state index in [0.717, 1.165) is 21.9 Å². The van der Waals surface area contributed by atoms with Crippen LogP contribution in [0, 0.1) is 6.92 Å². The molecule has 0 radical (unpaired) electrons. The van der Waals surface area contributed by atoms with Crippen LogP contribution in [0.5, 0.6) is 5.75 Å². The van der Waals surface area contributed by atoms with E-state index in [1.54, 1.807) is 7.11 Å². The number of carbonyl (C=O) groups is 1. The number of methoxy groups -OCH3 is 1. The molecule has 1 aromatic carbocycles. The average molecular weight is 251 g/mol. The van der Waals surface area contributed by atoms with Gasteiger partial charge in [0.25, 0.3) is 0 Å². The molecule has 0 fully saturated rings. The molecule has 1 aliphatic heterocycles. The van der Waals surface area contributed by atoms with Crippen molar-refractivity contribution in [3.8, 4) is 5.75 Å². The van der Waals surface area contributed by atoms with E-state index in [2.05, 4.69) is 4.99 Å². The Bertz CT molecular complexity index is 485. The highest BCUT2D eigenvalue weighted by atomic mass is 32.2. The van der Waals surface area contributed by atoms with Gasteiger partial charge in [0.15, 0.2) is 6.04 Å². The van der Waals surface area contributed by atoms with Crippen LogP contribution in [-0.2, 0) is 4.79 Å². The highest BCUT2D eigenvalue weighted by molar-refractivity contribution is 8.14. The van der Waals surface area contributed by atoms with Crippen molar-refractivity contribution in [3.63, 3.8) is 0 Å². The molecule has 0 saturated heterocycles. The van der Waals surface area contributed by atoms with Crippen LogP contribution in [0.2, 0.25) is 0 Å². The van der Waals surface area contributed by atoms with E-state index < -0.39 is 12.0 Å². The number of aryl methyl sites for hydroxylation is 1. The van der Waals surface area contributed by atoms with Gasteiger partial charge >= 0.3 is 5.97 Å². The molecule has 0 aliphatic carbocycles. The number of hydrogen-bond donors (Lipinski definition) is 1. The Morgan fingerprint density at radius 1 is 1.59 bits per heavy atom. The Hall–Kier alpha value is -1.49. The minimum Gasteiger partial charge on any atom is -0.497 e. The second-order valence-electron chi connectivity index (χ2n) is 3.78. The molecule has 1 heterocycles. The number of aliphatic imine (C=N–C) groups is 1. The van der Waals surface area contributed by atoms with Gasteiger partial charge < -0.3 is 9.84 Å². The zero-order chi connectivity index (χ0) is 12.4. The van der Waals surface area contributed by atoms with E-state index in [9.17, 15) is 4.79 Å². The summed E-state index contributed by atoms with van der Waals surface area (Å²) >= 11 is 1.49. The first-order valence-corrected chi connectivity index (χ1v) is 6.19. The van der Waals surface area contributed by atoms with Crippen LogP contribution in [-0.4, -0.2) is 35.0 Å². The Balaban J connectivity index is 2.30. The predicted octanol–water partition coefficient (Wildman–Crippen LogP) is 1.95. The summed E-state index contributed by atoms with van der Waals surface area (Å²) in [6.45, 7) is 1.97. The number of carboxylic acids is 1. The molecular weight excluding hydrogens is 238 g/mol. The zero-order valence-corrected chi connectivity index (χ0v) is 10.5. The lowest BCUT2D eigenvalue weighted by molar-refractivity contribution is -0.137. The second-order valence-corrected chi connectivity index (χ2v) is 4.79. The highest BCUT2D eigenvalue weighted by Crippen LogP contribution is 2.27. The van der Waals surface area contributed by atoms with Crippen molar-refractivity contribution in [3.05, 3.63) is 29.3 Å². The molecule has 1 aliphatic rings. The lowest BCUT2D eigenvalue weighted by atomic mass is 10.1. The molecule has 0 aromatic heterocycles. The van der Waals surface area contributed by atoms with E-state index in [-0.39, 0.29) is 0 Å². The predicted molar refractivity (Wildman–Crippen MR) is 68.1 cm³/mol. The maximum absolute atomic E-state index is 10.8. The standard InChI is InChI=1S/C12H13NO3S/c1-7-5-8(16-2)3-4-9(7)11-13-10(6-17-11)12(14)15/h3-5,10H,6H2,1-2H3,(H,14,15). The van der Waals surface area contributed by atoms with E-state index in [4.69, 9.17) is 9.84 Å². The number of benzene rings is 1. The quantitative estimate of drug-likeness (QED) is 0.892. The fourth-order valence-corrected chi connectivity index (χ4v) is 2.77. The van der Waals surface area contributed by atoms with Gasteiger partial charge in [-0.15, -0.1) is 11.8 Å². The Kier molecular flexibility index (Phi) is 3.38. The number of thioether (sulfide) groups is 1. The van der Waals surface area contributed by atoms with Crippen molar-refractivity contribution in [1.29, 1.82) is 0 Å². The summed E-state index contributed by atoms with van der Waals surface area (Å²) in [7, 11) is 1.62. The first-order valence-electron chi connectivity index (χ1n) is 5.20. The molecule has 1 aromatic rings. The third-order valence-corrected chi connectivity index (χ3v) is 3.68. The third-order valence-electron chi connectivity index (χ3n) is 2.60. The summed E-state index contributed by atoms with van der Waals surface area (Å²) in [6.07, 6.45) is 0. The van der Waals surface area contributed by atoms with E-state index >= 15 is 0 Å². The minimum absolute atomic E-state index is 0.510. The summed E-state index contributed by atoms with van der Waals surface area (Å²) in [5, 5.41) is 9.69. The van der Waals surface area contributed by atoms with Gasteiger partial charge in [0.1, 0.15) is 5.75 Å². The summed E-state index contributed by atoms with van der Waals surface area (Å²) in [5.41, 5.74) is 2.03. The van der Waals surface area contributed by atoms with Gasteiger partial charge in [-0.05, 0) is 30.7 Å². The van der Waals surface area contributed by atoms with Crippen LogP contribution < -0.4 is 4.74 Å². The van der Waals surface area contributed by atoms with Gasteiger partial charge in [0.2, 0.25) is 0 Å². The van der Waals surface area contributed by atoms with Crippen LogP contribution in [0.25, 0.3) is 0 Å². The van der Waals surface area contributed by atoms with Gasteiger partial charge in [-0.1, -0.05) is 0 Å². The van der Waals surface area contributed by atoms with Gasteiger partial charge in [0, 0.05) is 11.3 Å². The van der Waals surface area contributed by atoms with Crippen molar-refractivity contribution >= 4 is 22.8 Å². The number of nitrogens with zero attached hydrogens (tertiary/aromatic N) is 1. The van der Waals surface area contributed by atoms with Gasteiger partial charge in [-0.2, -0.15) is 0 Å². The molecule has 0 bridgehead atoms. The number of rotatable bonds is 3. The summed E-state index contributed by atoms with van der Waals surface area (Å²) in [5.74, 6) is 0.444. The third kappa shape index (κ3) is 2.44. The molecule has 0 amide bonds. The summed E-state index contributed by atoms with van der Waals surface area (Å²) < 4.78 is 5.13. The van der Waals surface area contributed by atoms with Crippen LogP contribution in [0.3, 0.4) is 0 Å². The molecular formula is C12H13NO3S. The van der Waals surface area contributed by atoms with Crippen LogP contribution in [0.4, 0.5) is 0 Å². The molecule has 4 nitrogen and oxygen atoms in total. The maximum atomic E-state index is 10.8. The van der Waals surface area contributed by atoms with E-state index in [0.29, 0.717) is 5.75 Å². The van der Waals surface area contributed by atoms with Crippen LogP contribution in [0.1, 0.15) is 11.1 Å². The minimum atomic E-state index is -0.862. The molecule has 17 heavy (non-hydrogen) atoms. The first kappa shape index (κ1) is 12.0. The Morgan fingerprint density at radius 2 is 2.35 bits per heavy atom. The lowest BCUT2D eigenvalue weighted by Crippen LogP contribution is -2.17. The Labute approximate surface area is 104 Å². The molecule has 5 heteroatoms. The molecule has 0 saturated carbocycles. The number of ether oxygens (including phenoxy) is 1. The molecule has 1 N–H and O–H groups in total. The second kappa shape index (κ2) is 4.79. The highest BCUT2D eigenvalue weighted by Gasteiger charge is 2.25. The fraction of sp³-hybridized carbons (Fsp3) is 0.333. The normalized spacial score (nSPS) is 18.9.